The van der Waals surface area contributed by atoms with E-state index in [-0.39, 0.29) is 28.7 Å². The largest absolute Gasteiger partial charge is 0.497 e. The SMILES string of the molecule is CN=C(NCC1(SC)CCOCC1)N(C)Cc1ccc(OC)cc1OC.I. The third-order valence-electron chi connectivity index (χ3n) is 4.88. The molecule has 27 heavy (non-hydrogen) atoms. The summed E-state index contributed by atoms with van der Waals surface area (Å²) >= 11 is 1.92. The summed E-state index contributed by atoms with van der Waals surface area (Å²) in [7, 11) is 7.19. The van der Waals surface area contributed by atoms with Gasteiger partial charge in [-0.3, -0.25) is 4.99 Å². The van der Waals surface area contributed by atoms with Gasteiger partial charge in [0.1, 0.15) is 11.5 Å². The highest BCUT2D eigenvalue weighted by Gasteiger charge is 2.32. The van der Waals surface area contributed by atoms with Crippen LogP contribution in [0.2, 0.25) is 0 Å². The zero-order chi connectivity index (χ0) is 19.0. The van der Waals surface area contributed by atoms with Crippen LogP contribution >= 0.6 is 35.7 Å². The van der Waals surface area contributed by atoms with Crippen LogP contribution in [0.4, 0.5) is 0 Å². The van der Waals surface area contributed by atoms with Crippen LogP contribution in [-0.2, 0) is 11.3 Å². The molecule has 1 N–H and O–H groups in total. The molecule has 0 aromatic heterocycles. The molecule has 1 heterocycles. The van der Waals surface area contributed by atoms with Gasteiger partial charge in [-0.2, -0.15) is 11.8 Å². The molecule has 0 radical (unpaired) electrons. The summed E-state index contributed by atoms with van der Waals surface area (Å²) < 4.78 is 16.5. The number of aliphatic imine (C=N–C) groups is 1. The summed E-state index contributed by atoms with van der Waals surface area (Å²) in [5.41, 5.74) is 1.09. The first kappa shape index (κ1) is 24.2. The predicted octanol–water partition coefficient (Wildman–Crippen LogP) is 3.24. The van der Waals surface area contributed by atoms with Gasteiger partial charge < -0.3 is 24.4 Å². The molecule has 0 aliphatic carbocycles. The summed E-state index contributed by atoms with van der Waals surface area (Å²) in [6.07, 6.45) is 4.31. The number of methoxy groups -OCH3 is 2. The number of benzene rings is 1. The van der Waals surface area contributed by atoms with Crippen LogP contribution in [0.3, 0.4) is 0 Å². The Morgan fingerprint density at radius 3 is 2.56 bits per heavy atom. The minimum Gasteiger partial charge on any atom is -0.497 e. The molecule has 1 aliphatic heterocycles. The normalized spacial score (nSPS) is 16.3. The van der Waals surface area contributed by atoms with E-state index in [0.717, 1.165) is 55.6 Å². The van der Waals surface area contributed by atoms with E-state index in [4.69, 9.17) is 14.2 Å². The number of guanidine groups is 1. The van der Waals surface area contributed by atoms with Gasteiger partial charge in [0.15, 0.2) is 5.96 Å². The van der Waals surface area contributed by atoms with E-state index in [1.54, 1.807) is 14.2 Å². The van der Waals surface area contributed by atoms with Crippen LogP contribution in [0.1, 0.15) is 18.4 Å². The van der Waals surface area contributed by atoms with E-state index in [2.05, 4.69) is 21.5 Å². The van der Waals surface area contributed by atoms with Gasteiger partial charge in [-0.25, -0.2) is 0 Å². The average molecular weight is 509 g/mol. The van der Waals surface area contributed by atoms with Crippen molar-refractivity contribution in [1.82, 2.24) is 10.2 Å². The summed E-state index contributed by atoms with van der Waals surface area (Å²) in [6, 6.07) is 5.89. The van der Waals surface area contributed by atoms with E-state index >= 15 is 0 Å². The molecule has 0 atom stereocenters. The number of nitrogens with one attached hydrogen (secondary N) is 1. The van der Waals surface area contributed by atoms with Crippen molar-refractivity contribution < 1.29 is 14.2 Å². The fourth-order valence-corrected chi connectivity index (χ4v) is 3.93. The van der Waals surface area contributed by atoms with Crippen LogP contribution < -0.4 is 14.8 Å². The highest BCUT2D eigenvalue weighted by molar-refractivity contribution is 14.0. The molecule has 1 aliphatic rings. The zero-order valence-corrected chi connectivity index (χ0v) is 20.1. The topological polar surface area (TPSA) is 55.3 Å². The lowest BCUT2D eigenvalue weighted by Gasteiger charge is -2.37. The Labute approximate surface area is 184 Å². The molecule has 1 aromatic carbocycles. The van der Waals surface area contributed by atoms with Crippen LogP contribution in [0.25, 0.3) is 0 Å². The second-order valence-electron chi connectivity index (χ2n) is 6.43. The fraction of sp³-hybridized carbons (Fsp3) is 0.632. The lowest BCUT2D eigenvalue weighted by Crippen LogP contribution is -2.48. The molecule has 0 spiro atoms. The summed E-state index contributed by atoms with van der Waals surface area (Å²) in [5.74, 6) is 2.48. The maximum Gasteiger partial charge on any atom is 0.193 e. The Kier molecular flexibility index (Phi) is 10.6. The maximum absolute atomic E-state index is 5.52. The lowest BCUT2D eigenvalue weighted by molar-refractivity contribution is 0.0781. The molecular weight excluding hydrogens is 477 g/mol. The van der Waals surface area contributed by atoms with Crippen LogP contribution in [0.15, 0.2) is 23.2 Å². The highest BCUT2D eigenvalue weighted by atomic mass is 127. The molecule has 2 rings (SSSR count). The van der Waals surface area contributed by atoms with Gasteiger partial charge in [-0.15, -0.1) is 24.0 Å². The third-order valence-corrected chi connectivity index (χ3v) is 6.30. The van der Waals surface area contributed by atoms with E-state index in [0.29, 0.717) is 6.54 Å². The van der Waals surface area contributed by atoms with Crippen molar-refractivity contribution in [2.75, 3.05) is 54.3 Å². The quantitative estimate of drug-likeness (QED) is 0.346. The molecule has 0 bridgehead atoms. The third kappa shape index (κ3) is 6.60. The summed E-state index contributed by atoms with van der Waals surface area (Å²) in [6.45, 7) is 3.25. The molecule has 8 heteroatoms. The van der Waals surface area contributed by atoms with Gasteiger partial charge in [-0.05, 0) is 31.2 Å². The number of rotatable bonds is 7. The van der Waals surface area contributed by atoms with Crippen molar-refractivity contribution in [3.8, 4) is 11.5 Å². The Morgan fingerprint density at radius 1 is 1.30 bits per heavy atom. The van der Waals surface area contributed by atoms with Crippen LogP contribution in [-0.4, -0.2) is 69.9 Å². The Morgan fingerprint density at radius 2 is 2.00 bits per heavy atom. The second-order valence-corrected chi connectivity index (χ2v) is 7.71. The van der Waals surface area contributed by atoms with Crippen molar-refractivity contribution in [2.45, 2.75) is 24.1 Å². The van der Waals surface area contributed by atoms with E-state index < -0.39 is 0 Å². The smallest absolute Gasteiger partial charge is 0.193 e. The summed E-state index contributed by atoms with van der Waals surface area (Å²) in [4.78, 5) is 6.56. The second kappa shape index (κ2) is 11.9. The van der Waals surface area contributed by atoms with Gasteiger partial charge in [0.25, 0.3) is 0 Å². The maximum atomic E-state index is 5.52. The molecule has 0 saturated carbocycles. The number of hydrogen-bond donors (Lipinski definition) is 1. The molecule has 1 saturated heterocycles. The number of nitrogens with zero attached hydrogens (tertiary/aromatic N) is 2. The number of ether oxygens (including phenoxy) is 3. The molecular formula is C19H32IN3O3S. The van der Waals surface area contributed by atoms with Crippen molar-refractivity contribution in [3.05, 3.63) is 23.8 Å². The first-order chi connectivity index (χ1) is 12.6. The van der Waals surface area contributed by atoms with Gasteiger partial charge in [0, 0.05) is 56.8 Å². The predicted molar refractivity (Wildman–Crippen MR) is 124 cm³/mol. The van der Waals surface area contributed by atoms with Gasteiger partial charge in [0.2, 0.25) is 0 Å². The molecule has 1 fully saturated rings. The first-order valence-corrected chi connectivity index (χ1v) is 10.1. The monoisotopic (exact) mass is 509 g/mol. The minimum atomic E-state index is 0. The van der Waals surface area contributed by atoms with Crippen LogP contribution in [0.5, 0.6) is 11.5 Å². The Bertz CT molecular complexity index is 610. The number of halogens is 1. The van der Waals surface area contributed by atoms with E-state index in [1.165, 1.54) is 0 Å². The Balaban J connectivity index is 0.00000364. The van der Waals surface area contributed by atoms with E-state index in [9.17, 15) is 0 Å². The number of thioether (sulfide) groups is 1. The van der Waals surface area contributed by atoms with Crippen molar-refractivity contribution in [2.24, 2.45) is 4.99 Å². The zero-order valence-electron chi connectivity index (χ0n) is 16.9. The van der Waals surface area contributed by atoms with Gasteiger partial charge in [-0.1, -0.05) is 0 Å². The molecule has 1 aromatic rings. The molecule has 6 nitrogen and oxygen atoms in total. The van der Waals surface area contributed by atoms with Gasteiger partial charge in [0.05, 0.1) is 14.2 Å². The molecule has 0 unspecified atom stereocenters. The van der Waals surface area contributed by atoms with Crippen molar-refractivity contribution in [3.63, 3.8) is 0 Å². The summed E-state index contributed by atoms with van der Waals surface area (Å²) in [5, 5.41) is 3.54. The van der Waals surface area contributed by atoms with E-state index in [1.807, 2.05) is 44.1 Å². The highest BCUT2D eigenvalue weighted by Crippen LogP contribution is 2.33. The Hall–Kier alpha value is -0.870. The minimum absolute atomic E-state index is 0. The standard InChI is InChI=1S/C19H31N3O3S.HI/c1-20-18(21-14-19(26-5)8-10-25-11-9-19)22(2)13-15-6-7-16(23-3)12-17(15)24-4;/h6-7,12H,8-11,13-14H2,1-5H3,(H,20,21);1H. The lowest BCUT2D eigenvalue weighted by atomic mass is 9.99. The van der Waals surface area contributed by atoms with Crippen LogP contribution in [0, 0.1) is 0 Å². The fourth-order valence-electron chi connectivity index (χ4n) is 3.13. The molecule has 154 valence electrons. The van der Waals surface area contributed by atoms with Crippen molar-refractivity contribution in [1.29, 1.82) is 0 Å². The number of hydrogen-bond acceptors (Lipinski definition) is 5. The first-order valence-electron chi connectivity index (χ1n) is 8.83. The average Bonchev–Trinajstić information content (AvgIpc) is 2.69. The van der Waals surface area contributed by atoms with Gasteiger partial charge >= 0.3 is 0 Å². The van der Waals surface area contributed by atoms with Crippen molar-refractivity contribution >= 4 is 41.7 Å². The molecule has 0 amide bonds.